The van der Waals surface area contributed by atoms with Gasteiger partial charge in [0.25, 0.3) is 0 Å². The number of imide groups is 1. The van der Waals surface area contributed by atoms with Gasteiger partial charge < -0.3 is 14.8 Å². The molecule has 0 aromatic heterocycles. The van der Waals surface area contributed by atoms with Crippen LogP contribution in [0.4, 0.5) is 0 Å². The highest BCUT2D eigenvalue weighted by Crippen LogP contribution is 2.51. The lowest BCUT2D eigenvalue weighted by Gasteiger charge is -2.43. The summed E-state index contributed by atoms with van der Waals surface area (Å²) >= 11 is 0. The number of aromatic hydroxyl groups is 1. The summed E-state index contributed by atoms with van der Waals surface area (Å²) in [5, 5.41) is 20.7. The molecule has 4 atom stereocenters. The van der Waals surface area contributed by atoms with Gasteiger partial charge in [-0.3, -0.25) is 14.5 Å². The first-order valence-corrected chi connectivity index (χ1v) is 12.7. The Kier molecular flexibility index (Phi) is 7.63. The Hall–Kier alpha value is -2.38. The van der Waals surface area contributed by atoms with Crippen LogP contribution in [0.15, 0.2) is 41.0 Å². The van der Waals surface area contributed by atoms with Crippen molar-refractivity contribution in [1.29, 1.82) is 0 Å². The number of carbonyl (C=O) groups is 2. The van der Waals surface area contributed by atoms with Gasteiger partial charge in [-0.25, -0.2) is 0 Å². The minimum atomic E-state index is -0.939. The maximum absolute atomic E-state index is 13.3. The van der Waals surface area contributed by atoms with Crippen molar-refractivity contribution < 1.29 is 24.4 Å². The first-order valence-electron chi connectivity index (χ1n) is 12.7. The number of para-hydroxylation sites is 1. The number of carbonyl (C=O) groups excluding carboxylic acids is 2. The molecule has 2 amide bonds. The lowest BCUT2D eigenvalue weighted by molar-refractivity contribution is -0.140. The molecule has 0 unspecified atom stereocenters. The number of nitrogens with zero attached hydrogens (tertiary/aromatic N) is 1. The van der Waals surface area contributed by atoms with Crippen LogP contribution in [0.2, 0.25) is 6.32 Å². The Morgan fingerprint density at radius 3 is 2.65 bits per heavy atom. The van der Waals surface area contributed by atoms with E-state index in [-0.39, 0.29) is 41.4 Å². The third-order valence-corrected chi connectivity index (χ3v) is 7.54. The zero-order valence-electron chi connectivity index (χ0n) is 20.5. The van der Waals surface area contributed by atoms with Gasteiger partial charge in [0.2, 0.25) is 11.8 Å². The SMILES string of the molecule is CCCC1=C2[C@@H](CC/C(C)=C/c3ccccc3O)OB(O)C[C@@H]2[C@@H]2C(=O)N(CCC)C(=O)[C@@H]2C1. The average Bonchev–Trinajstić information content (AvgIpc) is 3.04. The third-order valence-electron chi connectivity index (χ3n) is 7.54. The molecule has 2 aliphatic heterocycles. The Labute approximate surface area is 202 Å². The number of likely N-dealkylation sites (tertiary alicyclic amines) is 1. The molecule has 4 rings (SSSR count). The van der Waals surface area contributed by atoms with Gasteiger partial charge in [0.05, 0.1) is 17.9 Å². The molecular weight excluding hydrogens is 429 g/mol. The van der Waals surface area contributed by atoms with Crippen molar-refractivity contribution in [3.05, 3.63) is 46.5 Å². The molecule has 2 fully saturated rings. The quantitative estimate of drug-likeness (QED) is 0.333. The van der Waals surface area contributed by atoms with Crippen LogP contribution in [0, 0.1) is 17.8 Å². The second kappa shape index (κ2) is 10.5. The number of rotatable bonds is 8. The van der Waals surface area contributed by atoms with E-state index in [9.17, 15) is 19.7 Å². The smallest absolute Gasteiger partial charge is 0.455 e. The summed E-state index contributed by atoms with van der Waals surface area (Å²) in [6.45, 7) is 6.61. The highest BCUT2D eigenvalue weighted by Gasteiger charge is 2.56. The fraction of sp³-hybridized carbons (Fsp3) is 0.556. The van der Waals surface area contributed by atoms with E-state index in [0.29, 0.717) is 25.7 Å². The van der Waals surface area contributed by atoms with Crippen LogP contribution in [-0.4, -0.2) is 46.6 Å². The second-order valence-corrected chi connectivity index (χ2v) is 9.98. The van der Waals surface area contributed by atoms with Crippen LogP contribution in [0.1, 0.15) is 64.9 Å². The van der Waals surface area contributed by atoms with Gasteiger partial charge in [0.15, 0.2) is 0 Å². The first kappa shape index (κ1) is 24.7. The molecule has 182 valence electrons. The van der Waals surface area contributed by atoms with Crippen molar-refractivity contribution in [3.8, 4) is 5.75 Å². The van der Waals surface area contributed by atoms with Gasteiger partial charge in [-0.1, -0.05) is 55.7 Å². The monoisotopic (exact) mass is 465 g/mol. The van der Waals surface area contributed by atoms with E-state index in [0.717, 1.165) is 42.4 Å². The number of fused-ring (bicyclic) bond motifs is 3. The lowest BCUT2D eigenvalue weighted by atomic mass is 9.58. The Morgan fingerprint density at radius 1 is 1.18 bits per heavy atom. The molecule has 0 radical (unpaired) electrons. The number of hydrogen-bond donors (Lipinski definition) is 2. The maximum atomic E-state index is 13.3. The number of phenolic OH excluding ortho intramolecular Hbond substituents is 1. The highest BCUT2D eigenvalue weighted by atomic mass is 16.5. The Morgan fingerprint density at radius 2 is 1.94 bits per heavy atom. The Bertz CT molecular complexity index is 1000. The van der Waals surface area contributed by atoms with Gasteiger partial charge in [-0.15, -0.1) is 0 Å². The van der Waals surface area contributed by atoms with E-state index in [1.165, 1.54) is 10.5 Å². The lowest BCUT2D eigenvalue weighted by Crippen LogP contribution is -2.46. The van der Waals surface area contributed by atoms with Gasteiger partial charge in [0.1, 0.15) is 5.75 Å². The standard InChI is InChI=1S/C27H36BNO5/c1-4-8-19-15-20-25(27(32)29(13-5-2)26(20)31)21-16-28(33)34-23(24(19)21)12-11-17(3)14-18-9-6-7-10-22(18)30/h6-7,9-10,14,20-21,23,25,30,33H,4-5,8,11-13,15-16H2,1-3H3/b17-14+/t20-,21+,23-,25-/m1/s1. The molecule has 1 aromatic rings. The molecular formula is C27H36BNO5. The summed E-state index contributed by atoms with van der Waals surface area (Å²) in [5.74, 6) is -0.688. The summed E-state index contributed by atoms with van der Waals surface area (Å²) in [5.41, 5.74) is 4.28. The van der Waals surface area contributed by atoms with E-state index in [2.05, 4.69) is 6.92 Å². The molecule has 0 saturated carbocycles. The molecule has 1 aromatic carbocycles. The van der Waals surface area contributed by atoms with Crippen LogP contribution in [0.3, 0.4) is 0 Å². The fourth-order valence-corrected chi connectivity index (χ4v) is 6.12. The summed E-state index contributed by atoms with van der Waals surface area (Å²) in [6, 6.07) is 7.25. The predicted molar refractivity (Wildman–Crippen MR) is 133 cm³/mol. The average molecular weight is 465 g/mol. The number of hydrogen-bond acceptors (Lipinski definition) is 5. The van der Waals surface area contributed by atoms with Crippen molar-refractivity contribution in [2.75, 3.05) is 6.54 Å². The zero-order valence-corrected chi connectivity index (χ0v) is 20.5. The van der Waals surface area contributed by atoms with Crippen molar-refractivity contribution in [1.82, 2.24) is 4.90 Å². The highest BCUT2D eigenvalue weighted by molar-refractivity contribution is 6.43. The topological polar surface area (TPSA) is 87.1 Å². The molecule has 34 heavy (non-hydrogen) atoms. The van der Waals surface area contributed by atoms with Crippen molar-refractivity contribution in [3.63, 3.8) is 0 Å². The number of allylic oxidation sites excluding steroid dienone is 2. The van der Waals surface area contributed by atoms with Crippen LogP contribution in [0.25, 0.3) is 6.08 Å². The minimum absolute atomic E-state index is 0.0384. The summed E-state index contributed by atoms with van der Waals surface area (Å²) < 4.78 is 6.05. The minimum Gasteiger partial charge on any atom is -0.507 e. The second-order valence-electron chi connectivity index (χ2n) is 9.98. The molecule has 3 aliphatic rings. The molecule has 6 nitrogen and oxygen atoms in total. The largest absolute Gasteiger partial charge is 0.507 e. The van der Waals surface area contributed by atoms with Crippen LogP contribution in [0.5, 0.6) is 5.75 Å². The Balaban J connectivity index is 1.60. The number of amides is 2. The summed E-state index contributed by atoms with van der Waals surface area (Å²) in [6.07, 6.45) is 6.72. The zero-order chi connectivity index (χ0) is 24.4. The summed E-state index contributed by atoms with van der Waals surface area (Å²) in [7, 11) is -0.939. The molecule has 0 bridgehead atoms. The molecule has 2 N–H and O–H groups in total. The van der Waals surface area contributed by atoms with E-state index in [1.54, 1.807) is 12.1 Å². The van der Waals surface area contributed by atoms with Gasteiger partial charge in [0, 0.05) is 12.1 Å². The maximum Gasteiger partial charge on any atom is 0.455 e. The van der Waals surface area contributed by atoms with Crippen molar-refractivity contribution >= 4 is 25.0 Å². The van der Waals surface area contributed by atoms with Gasteiger partial charge >= 0.3 is 7.12 Å². The van der Waals surface area contributed by atoms with Crippen LogP contribution < -0.4 is 0 Å². The third kappa shape index (κ3) is 4.73. The molecule has 2 saturated heterocycles. The normalized spacial score (nSPS) is 27.4. The van der Waals surface area contributed by atoms with Gasteiger partial charge in [-0.05, 0) is 62.9 Å². The van der Waals surface area contributed by atoms with E-state index < -0.39 is 7.12 Å². The van der Waals surface area contributed by atoms with E-state index in [1.807, 2.05) is 32.1 Å². The van der Waals surface area contributed by atoms with E-state index >= 15 is 0 Å². The first-order chi connectivity index (χ1) is 16.3. The van der Waals surface area contributed by atoms with Gasteiger partial charge in [-0.2, -0.15) is 0 Å². The molecule has 7 heteroatoms. The molecule has 0 spiro atoms. The van der Waals surface area contributed by atoms with Crippen molar-refractivity contribution in [2.45, 2.75) is 71.7 Å². The van der Waals surface area contributed by atoms with Crippen LogP contribution >= 0.6 is 0 Å². The van der Waals surface area contributed by atoms with E-state index in [4.69, 9.17) is 4.65 Å². The summed E-state index contributed by atoms with van der Waals surface area (Å²) in [4.78, 5) is 27.9. The fourth-order valence-electron chi connectivity index (χ4n) is 6.12. The molecule has 2 heterocycles. The molecule has 1 aliphatic carbocycles. The van der Waals surface area contributed by atoms with Crippen molar-refractivity contribution in [2.24, 2.45) is 17.8 Å². The predicted octanol–water partition coefficient (Wildman–Crippen LogP) is 4.58. The number of benzene rings is 1. The van der Waals surface area contributed by atoms with Crippen LogP contribution in [-0.2, 0) is 14.2 Å². The number of phenols is 1.